The first-order chi connectivity index (χ1) is 15.3. The number of unbranched alkanes of at least 4 members (excludes halogenated alkanes) is 5. The van der Waals surface area contributed by atoms with Gasteiger partial charge in [0.15, 0.2) is 6.04 Å². The topological polar surface area (TPSA) is 103 Å². The van der Waals surface area contributed by atoms with Gasteiger partial charge < -0.3 is 9.26 Å². The summed E-state index contributed by atoms with van der Waals surface area (Å²) in [5.41, 5.74) is 10.7. The van der Waals surface area contributed by atoms with Gasteiger partial charge in [-0.25, -0.2) is 0 Å². The van der Waals surface area contributed by atoms with Gasteiger partial charge in [0.25, 0.3) is 5.89 Å². The van der Waals surface area contributed by atoms with E-state index in [1.807, 2.05) is 0 Å². The fraction of sp³-hybridized carbons (Fsp3) is 0.591. The van der Waals surface area contributed by atoms with Crippen molar-refractivity contribution in [2.75, 3.05) is 13.2 Å². The highest BCUT2D eigenvalue weighted by Crippen LogP contribution is 2.39. The van der Waals surface area contributed by atoms with Crippen LogP contribution in [0.3, 0.4) is 0 Å². The van der Waals surface area contributed by atoms with E-state index < -0.39 is 11.7 Å². The number of benzene rings is 1. The molecule has 0 bridgehead atoms. The lowest BCUT2D eigenvalue weighted by atomic mass is 10.1. The van der Waals surface area contributed by atoms with E-state index in [4.69, 9.17) is 20.7 Å². The zero-order valence-corrected chi connectivity index (χ0v) is 18.3. The number of guanidine groups is 1. The maximum atomic E-state index is 13.7. The maximum absolute atomic E-state index is 13.7. The molecule has 10 heteroatoms. The molecule has 2 aromatic rings. The van der Waals surface area contributed by atoms with Gasteiger partial charge in [-0.1, -0.05) is 44.2 Å². The Kier molecular flexibility index (Phi) is 7.98. The van der Waals surface area contributed by atoms with Gasteiger partial charge in [-0.15, -0.1) is 0 Å². The Hall–Kier alpha value is -2.78. The molecule has 0 aliphatic carbocycles. The average Bonchev–Trinajstić information content (AvgIpc) is 3.42. The minimum atomic E-state index is -4.57. The lowest BCUT2D eigenvalue weighted by Crippen LogP contribution is -2.35. The van der Waals surface area contributed by atoms with Crippen molar-refractivity contribution in [3.05, 3.63) is 29.7 Å². The molecule has 0 spiro atoms. The van der Waals surface area contributed by atoms with Crippen molar-refractivity contribution in [2.45, 2.75) is 70.5 Å². The van der Waals surface area contributed by atoms with Gasteiger partial charge in [0.05, 0.1) is 18.7 Å². The van der Waals surface area contributed by atoms with Crippen LogP contribution in [0.25, 0.3) is 11.4 Å². The molecule has 0 saturated carbocycles. The molecule has 4 N–H and O–H groups in total. The summed E-state index contributed by atoms with van der Waals surface area (Å²) in [7, 11) is 0. The third-order valence-corrected chi connectivity index (χ3v) is 5.61. The molecule has 1 atom stereocenters. The molecule has 1 aromatic carbocycles. The highest BCUT2D eigenvalue weighted by atomic mass is 19.4. The molecule has 1 fully saturated rings. The number of rotatable bonds is 10. The molecule has 176 valence electrons. The first-order valence-corrected chi connectivity index (χ1v) is 11.1. The van der Waals surface area contributed by atoms with Crippen LogP contribution in [-0.4, -0.2) is 33.8 Å². The minimum Gasteiger partial charge on any atom is -0.493 e. The largest absolute Gasteiger partial charge is 0.493 e. The van der Waals surface area contributed by atoms with Gasteiger partial charge in [0.1, 0.15) is 5.75 Å². The number of halogens is 3. The Morgan fingerprint density at radius 1 is 1.19 bits per heavy atom. The molecule has 2 heterocycles. The zero-order chi connectivity index (χ0) is 23.1. The van der Waals surface area contributed by atoms with Crippen molar-refractivity contribution in [3.8, 4) is 17.1 Å². The van der Waals surface area contributed by atoms with Crippen LogP contribution in [0.1, 0.15) is 75.8 Å². The van der Waals surface area contributed by atoms with Gasteiger partial charge in [0, 0.05) is 5.56 Å². The van der Waals surface area contributed by atoms with Crippen LogP contribution in [0.2, 0.25) is 0 Å². The maximum Gasteiger partial charge on any atom is 0.419 e. The van der Waals surface area contributed by atoms with Crippen LogP contribution in [0.15, 0.2) is 22.7 Å². The van der Waals surface area contributed by atoms with Crippen LogP contribution in [-0.2, 0) is 6.18 Å². The summed E-state index contributed by atoms with van der Waals surface area (Å²) < 4.78 is 53.5. The fourth-order valence-corrected chi connectivity index (χ4v) is 3.90. The predicted molar refractivity (Wildman–Crippen MR) is 114 cm³/mol. The second kappa shape index (κ2) is 10.7. The molecule has 7 nitrogen and oxygen atoms in total. The summed E-state index contributed by atoms with van der Waals surface area (Å²) in [6, 6.07) is 3.55. The molecule has 1 aliphatic rings. The summed E-state index contributed by atoms with van der Waals surface area (Å²) >= 11 is 0. The van der Waals surface area contributed by atoms with Crippen LogP contribution >= 0.6 is 0 Å². The summed E-state index contributed by atoms with van der Waals surface area (Å²) in [5.74, 6) is 0.322. The van der Waals surface area contributed by atoms with Crippen molar-refractivity contribution in [3.63, 3.8) is 0 Å². The highest BCUT2D eigenvalue weighted by molar-refractivity contribution is 5.70. The highest BCUT2D eigenvalue weighted by Gasteiger charge is 2.36. The number of nitrogens with zero attached hydrogens (tertiary/aromatic N) is 3. The summed E-state index contributed by atoms with van der Waals surface area (Å²) in [6.45, 7) is 3.04. The van der Waals surface area contributed by atoms with Gasteiger partial charge in [-0.2, -0.15) is 18.2 Å². The third-order valence-electron chi connectivity index (χ3n) is 5.61. The second-order valence-electron chi connectivity index (χ2n) is 8.06. The number of nitrogens with two attached hydrogens (primary N) is 2. The van der Waals surface area contributed by atoms with E-state index in [0.29, 0.717) is 6.54 Å². The van der Waals surface area contributed by atoms with E-state index in [-0.39, 0.29) is 41.6 Å². The molecule has 32 heavy (non-hydrogen) atoms. The number of alkyl halides is 3. The van der Waals surface area contributed by atoms with Crippen molar-refractivity contribution >= 4 is 5.96 Å². The van der Waals surface area contributed by atoms with E-state index >= 15 is 0 Å². The molecule has 1 unspecified atom stereocenters. The van der Waals surface area contributed by atoms with E-state index in [9.17, 15) is 13.2 Å². The van der Waals surface area contributed by atoms with Crippen LogP contribution < -0.4 is 16.2 Å². The van der Waals surface area contributed by atoms with Gasteiger partial charge in [0.2, 0.25) is 5.82 Å². The molecule has 0 amide bonds. The fourth-order valence-electron chi connectivity index (χ4n) is 3.90. The second-order valence-corrected chi connectivity index (χ2v) is 8.06. The van der Waals surface area contributed by atoms with Crippen molar-refractivity contribution in [1.82, 2.24) is 10.1 Å². The molecule has 1 aliphatic heterocycles. The molecule has 3 rings (SSSR count). The van der Waals surface area contributed by atoms with E-state index in [0.717, 1.165) is 51.0 Å². The van der Waals surface area contributed by atoms with Crippen molar-refractivity contribution < 1.29 is 27.0 Å². The standard InChI is InChI=1S/C22H30F3N5O2/c1-2-3-4-5-6-7-13-31-18-11-10-15(14-16(18)22(23,24)25)19-28-20(32-29-19)17-9-8-12-30(17)21(26)27/h10-11,14,17H,2-9,12-13H2,1H3,(H3,26,27)/p+1. The van der Waals surface area contributed by atoms with Crippen LogP contribution in [0.5, 0.6) is 5.75 Å². The van der Waals surface area contributed by atoms with Gasteiger partial charge >= 0.3 is 12.1 Å². The number of ether oxygens (including phenoxy) is 1. The summed E-state index contributed by atoms with van der Waals surface area (Å²) in [6.07, 6.45) is 3.19. The Morgan fingerprint density at radius 2 is 1.94 bits per heavy atom. The Labute approximate surface area is 185 Å². The third kappa shape index (κ3) is 5.92. The first kappa shape index (κ1) is 23.9. The van der Waals surface area contributed by atoms with Crippen molar-refractivity contribution in [1.29, 1.82) is 0 Å². The van der Waals surface area contributed by atoms with Crippen LogP contribution in [0, 0.1) is 0 Å². The Bertz CT molecular complexity index is 923. The number of hydrogen-bond acceptors (Lipinski definition) is 4. The number of aromatic nitrogens is 2. The molecule has 0 radical (unpaired) electrons. The molecule has 1 saturated heterocycles. The van der Waals surface area contributed by atoms with Gasteiger partial charge in [-0.05, 0) is 37.5 Å². The first-order valence-electron chi connectivity index (χ1n) is 11.1. The average molecular weight is 455 g/mol. The Balaban J connectivity index is 1.72. The quantitative estimate of drug-likeness (QED) is 0.309. The minimum absolute atomic E-state index is 0.0791. The lowest BCUT2D eigenvalue weighted by molar-refractivity contribution is -0.555. The SMILES string of the molecule is CCCCCCCCOc1ccc(-c2noc(C3CCC[N+]3=C(N)N)n2)cc1C(F)(F)F. The van der Waals surface area contributed by atoms with Crippen LogP contribution in [0.4, 0.5) is 13.2 Å². The molecular formula is C22H31F3N5O2+. The number of hydrogen-bond donors (Lipinski definition) is 2. The zero-order valence-electron chi connectivity index (χ0n) is 18.3. The molecule has 1 aromatic heterocycles. The van der Waals surface area contributed by atoms with Crippen molar-refractivity contribution in [2.24, 2.45) is 11.5 Å². The predicted octanol–water partition coefficient (Wildman–Crippen LogP) is 4.62. The summed E-state index contributed by atoms with van der Waals surface area (Å²) in [4.78, 5) is 4.31. The lowest BCUT2D eigenvalue weighted by Gasteiger charge is -2.15. The normalized spacial score (nSPS) is 16.5. The van der Waals surface area contributed by atoms with E-state index in [1.54, 1.807) is 4.58 Å². The Morgan fingerprint density at radius 3 is 2.66 bits per heavy atom. The monoisotopic (exact) mass is 454 g/mol. The molecular weight excluding hydrogens is 423 g/mol. The van der Waals surface area contributed by atoms with E-state index in [1.165, 1.54) is 18.6 Å². The van der Waals surface area contributed by atoms with Gasteiger partial charge in [-0.3, -0.25) is 16.0 Å². The van der Waals surface area contributed by atoms with E-state index in [2.05, 4.69) is 17.1 Å². The summed E-state index contributed by atoms with van der Waals surface area (Å²) in [5, 5.41) is 3.88. The smallest absolute Gasteiger partial charge is 0.419 e.